The van der Waals surface area contributed by atoms with E-state index in [9.17, 15) is 18.8 Å². The van der Waals surface area contributed by atoms with Crippen LogP contribution in [0.5, 0.6) is 0 Å². The van der Waals surface area contributed by atoms with Gasteiger partial charge < -0.3 is 9.64 Å². The summed E-state index contributed by atoms with van der Waals surface area (Å²) in [6, 6.07) is 5.98. The topological polar surface area (TPSA) is 53.3 Å². The minimum atomic E-state index is -1.12. The first kappa shape index (κ1) is 17.2. The van der Waals surface area contributed by atoms with E-state index in [1.807, 2.05) is 0 Å². The van der Waals surface area contributed by atoms with Crippen molar-refractivity contribution >= 4 is 6.09 Å². The number of piperidine rings is 1. The maximum atomic E-state index is 14.1. The average Bonchev–Trinajstić information content (AvgIpc) is 2.48. The van der Waals surface area contributed by atoms with E-state index in [2.05, 4.69) is 6.07 Å². The molecule has 1 fully saturated rings. The third-order valence-corrected chi connectivity index (χ3v) is 3.95. The molecule has 1 aliphatic rings. The first-order chi connectivity index (χ1) is 10.7. The number of hydrogen-bond acceptors (Lipinski definition) is 3. The molecule has 0 saturated carbocycles. The molecule has 1 amide bonds. The van der Waals surface area contributed by atoms with E-state index in [1.165, 1.54) is 17.0 Å². The third-order valence-electron chi connectivity index (χ3n) is 3.95. The predicted molar refractivity (Wildman–Crippen MR) is 80.7 cm³/mol. The molecule has 0 N–H and O–H groups in total. The van der Waals surface area contributed by atoms with E-state index in [0.29, 0.717) is 0 Å². The molecule has 0 aliphatic carbocycles. The highest BCUT2D eigenvalue weighted by atomic mass is 19.2. The van der Waals surface area contributed by atoms with Crippen molar-refractivity contribution in [3.05, 3.63) is 35.4 Å². The zero-order valence-electron chi connectivity index (χ0n) is 13.5. The van der Waals surface area contributed by atoms with Crippen LogP contribution in [-0.4, -0.2) is 29.7 Å². The van der Waals surface area contributed by atoms with Crippen molar-refractivity contribution in [1.29, 1.82) is 5.26 Å². The number of hydrogen-bond donors (Lipinski definition) is 0. The van der Waals surface area contributed by atoms with Crippen LogP contribution < -0.4 is 0 Å². The predicted octanol–water partition coefficient (Wildman–Crippen LogP) is 3.76. The van der Waals surface area contributed by atoms with Crippen LogP contribution in [0.15, 0.2) is 18.2 Å². The van der Waals surface area contributed by atoms with Gasteiger partial charge in [-0.2, -0.15) is 5.26 Å². The number of likely N-dealkylation sites (tertiary alicyclic amines) is 1. The van der Waals surface area contributed by atoms with Crippen LogP contribution in [0.4, 0.5) is 13.6 Å². The number of ether oxygens (including phenoxy) is 1. The lowest BCUT2D eigenvalue weighted by molar-refractivity contribution is 0.0184. The van der Waals surface area contributed by atoms with Crippen LogP contribution >= 0.6 is 0 Å². The fourth-order valence-electron chi connectivity index (χ4n) is 2.71. The maximum Gasteiger partial charge on any atom is 0.410 e. The van der Waals surface area contributed by atoms with Crippen molar-refractivity contribution in [1.82, 2.24) is 4.90 Å². The molecule has 2 rings (SSSR count). The summed E-state index contributed by atoms with van der Waals surface area (Å²) in [6.45, 7) is 5.85. The Kier molecular flexibility index (Phi) is 4.60. The molecule has 6 heteroatoms. The Bertz CT molecular complexity index is 639. The SMILES string of the molecule is CC(C)(C)OC(=O)N1CCC(C#N)(c2cccc(F)c2F)CC1. The van der Waals surface area contributed by atoms with Crippen molar-refractivity contribution in [2.75, 3.05) is 13.1 Å². The van der Waals surface area contributed by atoms with Gasteiger partial charge in [-0.15, -0.1) is 0 Å². The van der Waals surface area contributed by atoms with Gasteiger partial charge in [-0.3, -0.25) is 0 Å². The van der Waals surface area contributed by atoms with Gasteiger partial charge in [0.1, 0.15) is 5.60 Å². The fraction of sp³-hybridized carbons (Fsp3) is 0.529. The Labute approximate surface area is 134 Å². The van der Waals surface area contributed by atoms with Gasteiger partial charge >= 0.3 is 6.09 Å². The van der Waals surface area contributed by atoms with Crippen LogP contribution in [0.2, 0.25) is 0 Å². The molecule has 0 spiro atoms. The van der Waals surface area contributed by atoms with Gasteiger partial charge in [-0.05, 0) is 39.7 Å². The molecule has 1 aliphatic heterocycles. The zero-order valence-corrected chi connectivity index (χ0v) is 13.5. The number of halogens is 2. The Balaban J connectivity index is 2.16. The normalized spacial score (nSPS) is 17.5. The second-order valence-electron chi connectivity index (χ2n) is 6.76. The van der Waals surface area contributed by atoms with E-state index >= 15 is 0 Å². The quantitative estimate of drug-likeness (QED) is 0.791. The minimum Gasteiger partial charge on any atom is -0.444 e. The monoisotopic (exact) mass is 322 g/mol. The standard InChI is InChI=1S/C17H20F2N2O2/c1-16(2,3)23-15(22)21-9-7-17(11-20,8-10-21)12-5-4-6-13(18)14(12)19/h4-6H,7-10H2,1-3H3. The molecule has 0 aromatic heterocycles. The average molecular weight is 322 g/mol. The van der Waals surface area contributed by atoms with Crippen molar-refractivity contribution in [3.8, 4) is 6.07 Å². The maximum absolute atomic E-state index is 14.1. The van der Waals surface area contributed by atoms with Crippen LogP contribution in [0, 0.1) is 23.0 Å². The zero-order chi connectivity index (χ0) is 17.3. The molecule has 23 heavy (non-hydrogen) atoms. The molecule has 4 nitrogen and oxygen atoms in total. The van der Waals surface area contributed by atoms with Crippen molar-refractivity contribution in [2.24, 2.45) is 0 Å². The number of benzene rings is 1. The number of carbonyl (C=O) groups is 1. The van der Waals surface area contributed by atoms with E-state index < -0.39 is 28.7 Å². The Morgan fingerprint density at radius 2 is 1.91 bits per heavy atom. The largest absolute Gasteiger partial charge is 0.444 e. The lowest BCUT2D eigenvalue weighted by Gasteiger charge is -2.38. The second kappa shape index (κ2) is 6.15. The smallest absolute Gasteiger partial charge is 0.410 e. The van der Waals surface area contributed by atoms with Gasteiger partial charge in [-0.25, -0.2) is 13.6 Å². The summed E-state index contributed by atoms with van der Waals surface area (Å²) in [4.78, 5) is 13.6. The highest BCUT2D eigenvalue weighted by molar-refractivity contribution is 5.68. The fourth-order valence-corrected chi connectivity index (χ4v) is 2.71. The summed E-state index contributed by atoms with van der Waals surface area (Å²) in [5.74, 6) is -1.95. The molecular weight excluding hydrogens is 302 g/mol. The molecule has 1 saturated heterocycles. The molecule has 1 aromatic carbocycles. The summed E-state index contributed by atoms with van der Waals surface area (Å²) in [5.41, 5.74) is -1.66. The highest BCUT2D eigenvalue weighted by Gasteiger charge is 2.41. The van der Waals surface area contributed by atoms with Gasteiger partial charge in [-0.1, -0.05) is 12.1 Å². The molecule has 124 valence electrons. The van der Waals surface area contributed by atoms with Crippen LogP contribution in [-0.2, 0) is 10.2 Å². The molecular formula is C17H20F2N2O2. The van der Waals surface area contributed by atoms with Gasteiger partial charge in [0.25, 0.3) is 0 Å². The number of amides is 1. The second-order valence-corrected chi connectivity index (χ2v) is 6.76. The van der Waals surface area contributed by atoms with Gasteiger partial charge in [0, 0.05) is 18.7 Å². The Morgan fingerprint density at radius 3 is 2.43 bits per heavy atom. The first-order valence-electron chi connectivity index (χ1n) is 7.52. The molecule has 0 unspecified atom stereocenters. The van der Waals surface area contributed by atoms with E-state index in [4.69, 9.17) is 4.74 Å². The lowest BCUT2D eigenvalue weighted by atomic mass is 9.74. The molecule has 0 atom stereocenters. The van der Waals surface area contributed by atoms with E-state index in [-0.39, 0.29) is 31.5 Å². The van der Waals surface area contributed by atoms with Crippen molar-refractivity contribution < 1.29 is 18.3 Å². The van der Waals surface area contributed by atoms with Gasteiger partial charge in [0.2, 0.25) is 0 Å². The summed E-state index contributed by atoms with van der Waals surface area (Å²) in [6.07, 6.45) is 0.0235. The summed E-state index contributed by atoms with van der Waals surface area (Å²) in [5, 5.41) is 9.55. The Hall–Kier alpha value is -2.16. The third kappa shape index (κ3) is 3.61. The van der Waals surface area contributed by atoms with Crippen LogP contribution in [0.1, 0.15) is 39.2 Å². The minimum absolute atomic E-state index is 0.0591. The van der Waals surface area contributed by atoms with Crippen molar-refractivity contribution in [2.45, 2.75) is 44.6 Å². The lowest BCUT2D eigenvalue weighted by Crippen LogP contribution is -2.46. The molecule has 0 bridgehead atoms. The summed E-state index contributed by atoms with van der Waals surface area (Å²) >= 11 is 0. The molecule has 0 radical (unpaired) electrons. The van der Waals surface area contributed by atoms with Crippen LogP contribution in [0.25, 0.3) is 0 Å². The van der Waals surface area contributed by atoms with E-state index in [0.717, 1.165) is 6.07 Å². The first-order valence-corrected chi connectivity index (χ1v) is 7.52. The van der Waals surface area contributed by atoms with E-state index in [1.54, 1.807) is 20.8 Å². The number of rotatable bonds is 1. The molecule has 1 aromatic rings. The summed E-state index contributed by atoms with van der Waals surface area (Å²) in [7, 11) is 0. The number of carbonyl (C=O) groups excluding carboxylic acids is 1. The molecule has 1 heterocycles. The van der Waals surface area contributed by atoms with Crippen LogP contribution in [0.3, 0.4) is 0 Å². The number of nitriles is 1. The summed E-state index contributed by atoms with van der Waals surface area (Å²) < 4.78 is 32.8. The van der Waals surface area contributed by atoms with Crippen molar-refractivity contribution in [3.63, 3.8) is 0 Å². The van der Waals surface area contributed by atoms with Gasteiger partial charge in [0.15, 0.2) is 11.6 Å². The number of nitrogens with zero attached hydrogens (tertiary/aromatic N) is 2. The highest BCUT2D eigenvalue weighted by Crippen LogP contribution is 2.37. The van der Waals surface area contributed by atoms with Gasteiger partial charge in [0.05, 0.1) is 11.5 Å². The Morgan fingerprint density at radius 1 is 1.30 bits per heavy atom.